The Hall–Kier alpha value is -2.08. The van der Waals surface area contributed by atoms with Gasteiger partial charge in [-0.05, 0) is 43.4 Å². The van der Waals surface area contributed by atoms with E-state index in [9.17, 15) is 31.6 Å². The Balaban J connectivity index is 2.08. The van der Waals surface area contributed by atoms with E-state index < -0.39 is 44.8 Å². The highest BCUT2D eigenvalue weighted by Crippen LogP contribution is 2.41. The van der Waals surface area contributed by atoms with Crippen LogP contribution in [0.5, 0.6) is 0 Å². The lowest BCUT2D eigenvalue weighted by Crippen LogP contribution is -2.62. The van der Waals surface area contributed by atoms with Crippen molar-refractivity contribution in [2.45, 2.75) is 49.0 Å². The van der Waals surface area contributed by atoms with Gasteiger partial charge in [0, 0.05) is 16.6 Å². The Morgan fingerprint density at radius 2 is 1.88 bits per heavy atom. The van der Waals surface area contributed by atoms with Gasteiger partial charge >= 0.3 is 6.18 Å². The number of halogens is 4. The number of hydrogen-bond acceptors (Lipinski definition) is 5. The first-order valence-corrected chi connectivity index (χ1v) is 12.7. The number of nitrogens with zero attached hydrogens (tertiary/aromatic N) is 1. The number of sulfone groups is 1. The SMILES string of the molecule is CS(=O)(=O)C[C@H](N[C@@](C#CC1CC1)(c1ccc(Br)cc1)C(F)(F)F)C(=O)NC1(C#N)CC1. The van der Waals surface area contributed by atoms with Crippen molar-refractivity contribution >= 4 is 31.7 Å². The summed E-state index contributed by atoms with van der Waals surface area (Å²) >= 11 is 3.18. The Morgan fingerprint density at radius 3 is 2.31 bits per heavy atom. The fraction of sp³-hybridized carbons (Fsp3) is 0.524. The number of benzene rings is 1. The van der Waals surface area contributed by atoms with Crippen LogP contribution in [0.1, 0.15) is 31.2 Å². The number of alkyl halides is 3. The smallest absolute Gasteiger partial charge is 0.336 e. The van der Waals surface area contributed by atoms with Crippen molar-refractivity contribution in [2.24, 2.45) is 5.92 Å². The lowest BCUT2D eigenvalue weighted by atomic mass is 9.88. The molecule has 0 saturated heterocycles. The highest BCUT2D eigenvalue weighted by molar-refractivity contribution is 9.10. The third kappa shape index (κ3) is 5.83. The van der Waals surface area contributed by atoms with E-state index in [1.165, 1.54) is 24.3 Å². The average Bonchev–Trinajstić information content (AvgIpc) is 3.59. The van der Waals surface area contributed by atoms with Crippen molar-refractivity contribution in [3.05, 3.63) is 34.3 Å². The zero-order chi connectivity index (χ0) is 23.8. The molecule has 3 rings (SSSR count). The molecule has 11 heteroatoms. The molecule has 2 aliphatic rings. The fourth-order valence-corrected chi connectivity index (χ4v) is 4.21. The van der Waals surface area contributed by atoms with Crippen LogP contribution in [0.3, 0.4) is 0 Å². The minimum Gasteiger partial charge on any atom is -0.336 e. The second kappa shape index (κ2) is 8.69. The number of hydrogen-bond donors (Lipinski definition) is 2. The topological polar surface area (TPSA) is 99.1 Å². The van der Waals surface area contributed by atoms with Gasteiger partial charge in [0.2, 0.25) is 11.4 Å². The lowest BCUT2D eigenvalue weighted by Gasteiger charge is -2.36. The number of carbonyl (C=O) groups is 1. The molecular weight excluding hydrogens is 511 g/mol. The van der Waals surface area contributed by atoms with Crippen molar-refractivity contribution in [3.8, 4) is 17.9 Å². The van der Waals surface area contributed by atoms with Crippen LogP contribution in [-0.4, -0.2) is 44.1 Å². The molecule has 6 nitrogen and oxygen atoms in total. The molecule has 0 bridgehead atoms. The van der Waals surface area contributed by atoms with E-state index in [1.807, 2.05) is 6.07 Å². The zero-order valence-corrected chi connectivity index (χ0v) is 19.5. The summed E-state index contributed by atoms with van der Waals surface area (Å²) in [4.78, 5) is 12.9. The van der Waals surface area contributed by atoms with Gasteiger partial charge in [-0.25, -0.2) is 8.42 Å². The van der Waals surface area contributed by atoms with Gasteiger partial charge in [-0.1, -0.05) is 39.9 Å². The number of rotatable bonds is 7. The van der Waals surface area contributed by atoms with Gasteiger partial charge < -0.3 is 5.32 Å². The van der Waals surface area contributed by atoms with Crippen LogP contribution in [0.25, 0.3) is 0 Å². The molecule has 1 amide bonds. The van der Waals surface area contributed by atoms with E-state index in [-0.39, 0.29) is 11.5 Å². The largest absolute Gasteiger partial charge is 0.422 e. The predicted molar refractivity (Wildman–Crippen MR) is 115 cm³/mol. The molecule has 0 aliphatic heterocycles. The first-order valence-electron chi connectivity index (χ1n) is 9.83. The Labute approximate surface area is 193 Å². The van der Waals surface area contributed by atoms with Crippen molar-refractivity contribution in [1.29, 1.82) is 5.26 Å². The molecule has 2 aliphatic carbocycles. The first kappa shape index (κ1) is 24.6. The molecule has 2 atom stereocenters. The third-order valence-corrected chi connectivity index (χ3v) is 6.71. The van der Waals surface area contributed by atoms with Gasteiger partial charge in [-0.15, -0.1) is 0 Å². The summed E-state index contributed by atoms with van der Waals surface area (Å²) in [5, 5.41) is 13.9. The number of nitriles is 1. The van der Waals surface area contributed by atoms with Gasteiger partial charge in [0.05, 0.1) is 11.8 Å². The Morgan fingerprint density at radius 1 is 1.28 bits per heavy atom. The normalized spacial score (nSPS) is 20.1. The summed E-state index contributed by atoms with van der Waals surface area (Å²) in [6.45, 7) is 0. The number of nitrogens with one attached hydrogen (secondary N) is 2. The first-order chi connectivity index (χ1) is 14.8. The molecule has 0 radical (unpaired) electrons. The summed E-state index contributed by atoms with van der Waals surface area (Å²) in [5.74, 6) is 2.85. The molecule has 2 N–H and O–H groups in total. The maximum absolute atomic E-state index is 14.6. The molecule has 2 saturated carbocycles. The molecule has 1 aromatic carbocycles. The Bertz CT molecular complexity index is 1100. The number of carbonyl (C=O) groups excluding carboxylic acids is 1. The van der Waals surface area contributed by atoms with Crippen LogP contribution >= 0.6 is 15.9 Å². The monoisotopic (exact) mass is 531 g/mol. The van der Waals surface area contributed by atoms with Gasteiger partial charge in [0.1, 0.15) is 21.4 Å². The molecule has 1 aromatic rings. The van der Waals surface area contributed by atoms with Crippen molar-refractivity contribution in [3.63, 3.8) is 0 Å². The van der Waals surface area contributed by atoms with E-state index in [4.69, 9.17) is 0 Å². The lowest BCUT2D eigenvalue weighted by molar-refractivity contribution is -0.184. The average molecular weight is 532 g/mol. The minimum atomic E-state index is -4.98. The summed E-state index contributed by atoms with van der Waals surface area (Å²) in [6.07, 6.45) is -2.10. The zero-order valence-electron chi connectivity index (χ0n) is 17.1. The fourth-order valence-electron chi connectivity index (χ4n) is 3.11. The van der Waals surface area contributed by atoms with Gasteiger partial charge in [-0.3, -0.25) is 10.1 Å². The summed E-state index contributed by atoms with van der Waals surface area (Å²) < 4.78 is 68.3. The third-order valence-electron chi connectivity index (χ3n) is 5.25. The van der Waals surface area contributed by atoms with Crippen molar-refractivity contribution in [1.82, 2.24) is 10.6 Å². The second-order valence-corrected chi connectivity index (χ2v) is 11.4. The predicted octanol–water partition coefficient (Wildman–Crippen LogP) is 2.80. The van der Waals surface area contributed by atoms with E-state index in [0.29, 0.717) is 30.2 Å². The van der Waals surface area contributed by atoms with E-state index >= 15 is 0 Å². The molecular formula is C21H21BrF3N3O3S. The van der Waals surface area contributed by atoms with Crippen LogP contribution in [0.4, 0.5) is 13.2 Å². The second-order valence-electron chi connectivity index (χ2n) is 8.27. The van der Waals surface area contributed by atoms with Gasteiger partial charge in [0.15, 0.2) is 0 Å². The van der Waals surface area contributed by atoms with Crippen LogP contribution in [0, 0.1) is 29.1 Å². The number of amides is 1. The summed E-state index contributed by atoms with van der Waals surface area (Å²) in [5.41, 5.74) is -4.42. The van der Waals surface area contributed by atoms with Crippen LogP contribution in [0.15, 0.2) is 28.7 Å². The molecule has 32 heavy (non-hydrogen) atoms. The standard InChI is InChI=1S/C21H21BrF3N3O3S/c1-32(30,31)12-17(18(29)28-19(13-26)10-11-19)27-20(21(23,24)25,9-8-14-2-3-14)15-4-6-16(22)7-5-15/h4-7,14,17,27H,2-3,10-12H2,1H3,(H,28,29)/t17-,20-/m0/s1. The van der Waals surface area contributed by atoms with E-state index in [1.54, 1.807) is 0 Å². The highest BCUT2D eigenvalue weighted by atomic mass is 79.9. The van der Waals surface area contributed by atoms with Gasteiger partial charge in [-0.2, -0.15) is 18.4 Å². The highest BCUT2D eigenvalue weighted by Gasteiger charge is 2.57. The summed E-state index contributed by atoms with van der Waals surface area (Å²) in [6, 6.07) is 5.40. The van der Waals surface area contributed by atoms with Crippen LogP contribution in [0.2, 0.25) is 0 Å². The maximum atomic E-state index is 14.6. The Kier molecular flexibility index (Phi) is 6.67. The van der Waals surface area contributed by atoms with E-state index in [2.05, 4.69) is 38.4 Å². The van der Waals surface area contributed by atoms with E-state index in [0.717, 1.165) is 6.26 Å². The molecule has 172 valence electrons. The van der Waals surface area contributed by atoms with Crippen molar-refractivity contribution in [2.75, 3.05) is 12.0 Å². The molecule has 0 unspecified atom stereocenters. The molecule has 2 fully saturated rings. The summed E-state index contributed by atoms with van der Waals surface area (Å²) in [7, 11) is -3.87. The maximum Gasteiger partial charge on any atom is 0.422 e. The van der Waals surface area contributed by atoms with Crippen LogP contribution < -0.4 is 10.6 Å². The van der Waals surface area contributed by atoms with Crippen LogP contribution in [-0.2, 0) is 20.2 Å². The minimum absolute atomic E-state index is 0.176. The quantitative estimate of drug-likeness (QED) is 0.527. The van der Waals surface area contributed by atoms with Crippen molar-refractivity contribution < 1.29 is 26.4 Å². The molecule has 0 spiro atoms. The molecule has 0 heterocycles. The molecule has 0 aromatic heterocycles. The van der Waals surface area contributed by atoms with Gasteiger partial charge in [0.25, 0.3) is 0 Å².